The van der Waals surface area contributed by atoms with Gasteiger partial charge in [0.05, 0.1) is 12.2 Å². The van der Waals surface area contributed by atoms with Crippen LogP contribution in [0.5, 0.6) is 0 Å². The number of anilines is 1. The van der Waals surface area contributed by atoms with Gasteiger partial charge in [0, 0.05) is 38.3 Å². The van der Waals surface area contributed by atoms with Gasteiger partial charge in [0.1, 0.15) is 11.5 Å². The highest BCUT2D eigenvalue weighted by molar-refractivity contribution is 5.90. The number of carbonyl (C=O) groups is 2. The van der Waals surface area contributed by atoms with Crippen LogP contribution in [0.25, 0.3) is 22.6 Å². The topological polar surface area (TPSA) is 106 Å². The molecule has 1 atom stereocenters. The largest absolute Gasteiger partial charge is 0.423 e. The third-order valence-corrected chi connectivity index (χ3v) is 4.91. The number of benzene rings is 1. The zero-order valence-corrected chi connectivity index (χ0v) is 16.5. The van der Waals surface area contributed by atoms with Crippen LogP contribution in [0.3, 0.4) is 0 Å². The summed E-state index contributed by atoms with van der Waals surface area (Å²) in [6, 6.07) is 7.87. The molecule has 0 radical (unpaired) electrons. The Bertz CT molecular complexity index is 1120. The number of pyridine rings is 1. The number of rotatable bonds is 4. The molecular formula is C19H18FN7O3. The Hall–Kier alpha value is -3.89. The standard InChI is InChI=1S/C19H18FN7O3/c1-11(28)25(2)17-10-27(19(29)30-17)13-5-6-14(15(20)8-13)12-4-7-16(21-9-12)18-22-23-24-26(18)3/h4-9,17H,10H2,1-3H3/t17-/m0/s1. The summed E-state index contributed by atoms with van der Waals surface area (Å²) in [7, 11) is 3.24. The van der Waals surface area contributed by atoms with E-state index in [1.165, 1.54) is 33.7 Å². The number of aromatic nitrogens is 5. The molecule has 2 aromatic heterocycles. The van der Waals surface area contributed by atoms with Crippen LogP contribution < -0.4 is 4.90 Å². The smallest absolute Gasteiger partial charge is 0.416 e. The molecule has 11 heteroatoms. The molecule has 154 valence electrons. The van der Waals surface area contributed by atoms with Crippen molar-refractivity contribution in [2.75, 3.05) is 18.5 Å². The highest BCUT2D eigenvalue weighted by atomic mass is 19.1. The molecule has 3 heterocycles. The normalized spacial score (nSPS) is 15.9. The second-order valence-electron chi connectivity index (χ2n) is 6.80. The summed E-state index contributed by atoms with van der Waals surface area (Å²) in [5, 5.41) is 11.2. The first kappa shape index (κ1) is 19.4. The van der Waals surface area contributed by atoms with E-state index in [-0.39, 0.29) is 12.5 Å². The molecule has 1 aromatic carbocycles. The molecule has 0 aliphatic carbocycles. The number of nitrogens with zero attached hydrogens (tertiary/aromatic N) is 7. The average Bonchev–Trinajstić information content (AvgIpc) is 3.33. The molecule has 2 amide bonds. The van der Waals surface area contributed by atoms with E-state index in [9.17, 15) is 14.0 Å². The number of carbonyl (C=O) groups excluding carboxylic acids is 2. The zero-order valence-electron chi connectivity index (χ0n) is 16.5. The fraction of sp³-hybridized carbons (Fsp3) is 0.263. The number of tetrazole rings is 1. The van der Waals surface area contributed by atoms with Crippen molar-refractivity contribution in [3.8, 4) is 22.6 Å². The van der Waals surface area contributed by atoms with Crippen LogP contribution in [-0.2, 0) is 16.6 Å². The lowest BCUT2D eigenvalue weighted by Gasteiger charge is -2.20. The Balaban J connectivity index is 1.56. The van der Waals surface area contributed by atoms with E-state index >= 15 is 0 Å². The third kappa shape index (κ3) is 3.45. The minimum absolute atomic E-state index is 0.121. The summed E-state index contributed by atoms with van der Waals surface area (Å²) in [6.45, 7) is 1.50. The number of aryl methyl sites for hydroxylation is 1. The van der Waals surface area contributed by atoms with Crippen molar-refractivity contribution >= 4 is 17.7 Å². The monoisotopic (exact) mass is 411 g/mol. The molecule has 30 heavy (non-hydrogen) atoms. The Labute approximate surface area is 170 Å². The molecule has 0 bridgehead atoms. The second kappa shape index (κ2) is 7.50. The van der Waals surface area contributed by atoms with Crippen molar-refractivity contribution in [1.82, 2.24) is 30.1 Å². The Kier molecular flexibility index (Phi) is 4.86. The van der Waals surface area contributed by atoms with E-state index in [1.54, 1.807) is 38.4 Å². The summed E-state index contributed by atoms with van der Waals surface area (Å²) in [5.41, 5.74) is 1.80. The fourth-order valence-corrected chi connectivity index (χ4v) is 3.10. The maximum atomic E-state index is 14.8. The van der Waals surface area contributed by atoms with Crippen molar-refractivity contribution in [1.29, 1.82) is 0 Å². The van der Waals surface area contributed by atoms with E-state index in [4.69, 9.17) is 4.74 Å². The summed E-state index contributed by atoms with van der Waals surface area (Å²) in [4.78, 5) is 30.6. The fourth-order valence-electron chi connectivity index (χ4n) is 3.10. The lowest BCUT2D eigenvalue weighted by atomic mass is 10.1. The van der Waals surface area contributed by atoms with Gasteiger partial charge in [0.2, 0.25) is 5.91 Å². The molecule has 0 saturated carbocycles. The first-order valence-electron chi connectivity index (χ1n) is 9.05. The van der Waals surface area contributed by atoms with Crippen LogP contribution in [-0.4, -0.2) is 61.9 Å². The number of halogens is 1. The van der Waals surface area contributed by atoms with Crippen LogP contribution in [0.1, 0.15) is 6.92 Å². The Morgan fingerprint density at radius 1 is 1.30 bits per heavy atom. The molecule has 1 aliphatic rings. The van der Waals surface area contributed by atoms with E-state index in [0.717, 1.165) is 0 Å². The van der Waals surface area contributed by atoms with Gasteiger partial charge in [-0.2, -0.15) is 0 Å². The predicted octanol–water partition coefficient (Wildman–Crippen LogP) is 1.84. The maximum Gasteiger partial charge on any atom is 0.416 e. The molecule has 0 spiro atoms. The summed E-state index contributed by atoms with van der Waals surface area (Å²) < 4.78 is 21.5. The van der Waals surface area contributed by atoms with E-state index in [1.807, 2.05) is 0 Å². The second-order valence-corrected chi connectivity index (χ2v) is 6.80. The quantitative estimate of drug-likeness (QED) is 0.645. The zero-order chi connectivity index (χ0) is 21.4. The van der Waals surface area contributed by atoms with Gasteiger partial charge in [0.25, 0.3) is 0 Å². The van der Waals surface area contributed by atoms with Crippen molar-refractivity contribution < 1.29 is 18.7 Å². The molecular weight excluding hydrogens is 393 g/mol. The van der Waals surface area contributed by atoms with Gasteiger partial charge < -0.3 is 9.64 Å². The van der Waals surface area contributed by atoms with Crippen molar-refractivity contribution in [2.45, 2.75) is 13.2 Å². The third-order valence-electron chi connectivity index (χ3n) is 4.91. The van der Waals surface area contributed by atoms with E-state index in [0.29, 0.717) is 28.3 Å². The molecule has 0 N–H and O–H groups in total. The molecule has 3 aromatic rings. The maximum absolute atomic E-state index is 14.8. The van der Waals surface area contributed by atoms with Crippen LogP contribution in [0.2, 0.25) is 0 Å². The van der Waals surface area contributed by atoms with Crippen molar-refractivity contribution in [3.63, 3.8) is 0 Å². The molecule has 1 saturated heterocycles. The van der Waals surface area contributed by atoms with E-state index in [2.05, 4.69) is 20.5 Å². The van der Waals surface area contributed by atoms with Gasteiger partial charge >= 0.3 is 6.09 Å². The summed E-state index contributed by atoms with van der Waals surface area (Å²) in [6.07, 6.45) is 0.178. The average molecular weight is 411 g/mol. The summed E-state index contributed by atoms with van der Waals surface area (Å²) in [5.74, 6) is -0.252. The predicted molar refractivity (Wildman–Crippen MR) is 103 cm³/mol. The molecule has 10 nitrogen and oxygen atoms in total. The van der Waals surface area contributed by atoms with Gasteiger partial charge in [-0.15, -0.1) is 5.10 Å². The van der Waals surface area contributed by atoms with Crippen LogP contribution >= 0.6 is 0 Å². The molecule has 1 fully saturated rings. The van der Waals surface area contributed by atoms with E-state index < -0.39 is 18.1 Å². The lowest BCUT2D eigenvalue weighted by Crippen LogP contribution is -2.38. The highest BCUT2D eigenvalue weighted by Crippen LogP contribution is 2.29. The Morgan fingerprint density at radius 3 is 2.70 bits per heavy atom. The van der Waals surface area contributed by atoms with Crippen LogP contribution in [0.15, 0.2) is 36.5 Å². The first-order chi connectivity index (χ1) is 14.3. The van der Waals surface area contributed by atoms with Crippen LogP contribution in [0, 0.1) is 5.82 Å². The number of likely N-dealkylation sites (N-methyl/N-ethyl adjacent to an activating group) is 1. The lowest BCUT2D eigenvalue weighted by molar-refractivity contribution is -0.134. The minimum Gasteiger partial charge on any atom is -0.423 e. The number of hydrogen-bond donors (Lipinski definition) is 0. The van der Waals surface area contributed by atoms with Crippen LogP contribution in [0.4, 0.5) is 14.9 Å². The van der Waals surface area contributed by atoms with Crippen molar-refractivity contribution in [2.24, 2.45) is 7.05 Å². The highest BCUT2D eigenvalue weighted by Gasteiger charge is 2.36. The van der Waals surface area contributed by atoms with Gasteiger partial charge in [-0.3, -0.25) is 14.7 Å². The van der Waals surface area contributed by atoms with Crippen molar-refractivity contribution in [3.05, 3.63) is 42.3 Å². The van der Waals surface area contributed by atoms with Gasteiger partial charge in [-0.1, -0.05) is 6.07 Å². The SMILES string of the molecule is CC(=O)N(C)[C@@H]1CN(c2ccc(-c3ccc(-c4nnnn4C)nc3)c(F)c2)C(=O)O1. The van der Waals surface area contributed by atoms with Gasteiger partial charge in [-0.05, 0) is 34.7 Å². The number of hydrogen-bond acceptors (Lipinski definition) is 7. The Morgan fingerprint density at radius 2 is 2.10 bits per heavy atom. The number of ether oxygens (including phenoxy) is 1. The number of cyclic esters (lactones) is 1. The molecule has 1 aliphatic heterocycles. The molecule has 4 rings (SSSR count). The number of amides is 2. The minimum atomic E-state index is -0.718. The van der Waals surface area contributed by atoms with Gasteiger partial charge in [0.15, 0.2) is 12.1 Å². The first-order valence-corrected chi connectivity index (χ1v) is 9.05. The van der Waals surface area contributed by atoms with Gasteiger partial charge in [-0.25, -0.2) is 13.9 Å². The molecule has 0 unspecified atom stereocenters. The summed E-state index contributed by atoms with van der Waals surface area (Å²) >= 11 is 0.